The van der Waals surface area contributed by atoms with E-state index in [4.69, 9.17) is 16.3 Å². The Balaban J connectivity index is 1.89. The Morgan fingerprint density at radius 1 is 1.06 bits per heavy atom. The first-order valence-corrected chi connectivity index (χ1v) is 10.9. The summed E-state index contributed by atoms with van der Waals surface area (Å²) in [6.07, 6.45) is 0. The largest absolute Gasteiger partial charge is 0.507 e. The molecule has 5 nitrogen and oxygen atoms in total. The number of Topliss-reactive ketones (excluding diaryl/α,β-unsaturated/α-hetero) is 1. The molecule has 1 atom stereocenters. The highest BCUT2D eigenvalue weighted by Crippen LogP contribution is 2.42. The number of nitrogens with zero attached hydrogens (tertiary/aromatic N) is 1. The van der Waals surface area contributed by atoms with Crippen LogP contribution >= 0.6 is 11.6 Å². The summed E-state index contributed by atoms with van der Waals surface area (Å²) >= 11 is 6.29. The second-order valence-electron chi connectivity index (χ2n) is 7.65. The van der Waals surface area contributed by atoms with Gasteiger partial charge >= 0.3 is 0 Å². The number of benzene rings is 3. The fourth-order valence-electron chi connectivity index (χ4n) is 3.94. The fraction of sp³-hybridized carbons (Fsp3) is 0.154. The van der Waals surface area contributed by atoms with Crippen LogP contribution in [0.5, 0.6) is 5.75 Å². The van der Waals surface area contributed by atoms with Crippen molar-refractivity contribution in [3.05, 3.63) is 106 Å². The van der Waals surface area contributed by atoms with Gasteiger partial charge in [-0.25, -0.2) is 8.78 Å². The number of rotatable bonds is 6. The summed E-state index contributed by atoms with van der Waals surface area (Å²) in [5, 5.41) is 11.3. The Morgan fingerprint density at radius 3 is 2.44 bits per heavy atom. The van der Waals surface area contributed by atoms with E-state index in [0.717, 1.165) is 4.90 Å². The molecule has 0 spiro atoms. The Kier molecular flexibility index (Phi) is 6.65. The number of halogens is 3. The van der Waals surface area contributed by atoms with Crippen LogP contribution in [-0.2, 0) is 16.1 Å². The maximum Gasteiger partial charge on any atom is 0.295 e. The standard InChI is InChI=1S/C26H20ClF2NO4/c1-2-34-17-11-12-20(27)19(13-17)24(31)22-23(18-5-3-4-6-21(18)29)30(26(33)25(22)32)14-15-7-9-16(28)10-8-15/h3-13,23,31H,2,14H2,1H3/b24-22+. The number of hydrogen-bond donors (Lipinski definition) is 1. The van der Waals surface area contributed by atoms with Gasteiger partial charge in [0.15, 0.2) is 0 Å². The van der Waals surface area contributed by atoms with E-state index in [0.29, 0.717) is 17.9 Å². The van der Waals surface area contributed by atoms with E-state index in [9.17, 15) is 23.5 Å². The fourth-order valence-corrected chi connectivity index (χ4v) is 4.14. The topological polar surface area (TPSA) is 66.8 Å². The van der Waals surface area contributed by atoms with E-state index < -0.39 is 35.1 Å². The quantitative estimate of drug-likeness (QED) is 0.280. The summed E-state index contributed by atoms with van der Waals surface area (Å²) in [4.78, 5) is 27.3. The number of carbonyl (C=O) groups is 2. The van der Waals surface area contributed by atoms with Crippen molar-refractivity contribution in [1.82, 2.24) is 4.90 Å². The first-order valence-electron chi connectivity index (χ1n) is 10.5. The van der Waals surface area contributed by atoms with E-state index in [2.05, 4.69) is 0 Å². The van der Waals surface area contributed by atoms with Crippen LogP contribution in [0.15, 0.2) is 72.3 Å². The van der Waals surface area contributed by atoms with Crippen LogP contribution in [0.4, 0.5) is 8.78 Å². The number of carbonyl (C=O) groups excluding carboxylic acids is 2. The zero-order valence-corrected chi connectivity index (χ0v) is 18.9. The molecule has 34 heavy (non-hydrogen) atoms. The first kappa shape index (κ1) is 23.4. The minimum absolute atomic E-state index is 0.0300. The van der Waals surface area contributed by atoms with Crippen molar-refractivity contribution in [3.63, 3.8) is 0 Å². The third-order valence-corrected chi connectivity index (χ3v) is 5.84. The Bertz CT molecular complexity index is 1290. The number of aliphatic hydroxyl groups is 1. The Labute approximate surface area is 199 Å². The van der Waals surface area contributed by atoms with Crippen molar-refractivity contribution >= 4 is 29.1 Å². The molecule has 1 fully saturated rings. The molecule has 8 heteroatoms. The zero-order chi connectivity index (χ0) is 24.4. The average molecular weight is 484 g/mol. The van der Waals surface area contributed by atoms with Gasteiger partial charge in [0.2, 0.25) is 0 Å². The van der Waals surface area contributed by atoms with Gasteiger partial charge in [-0.15, -0.1) is 0 Å². The molecule has 0 saturated carbocycles. The maximum atomic E-state index is 14.9. The van der Waals surface area contributed by atoms with Crippen molar-refractivity contribution < 1.29 is 28.2 Å². The van der Waals surface area contributed by atoms with Crippen LogP contribution in [0.2, 0.25) is 5.02 Å². The van der Waals surface area contributed by atoms with Gasteiger partial charge in [0.25, 0.3) is 11.7 Å². The maximum absolute atomic E-state index is 14.9. The van der Waals surface area contributed by atoms with E-state index in [1.807, 2.05) is 0 Å². The lowest BCUT2D eigenvalue weighted by atomic mass is 9.94. The summed E-state index contributed by atoms with van der Waals surface area (Å²) in [6.45, 7) is 2.04. The van der Waals surface area contributed by atoms with Crippen molar-refractivity contribution in [2.45, 2.75) is 19.5 Å². The monoisotopic (exact) mass is 483 g/mol. The highest BCUT2D eigenvalue weighted by Gasteiger charge is 2.47. The lowest BCUT2D eigenvalue weighted by Crippen LogP contribution is -2.29. The summed E-state index contributed by atoms with van der Waals surface area (Å²) in [5.41, 5.74) is 0.338. The molecule has 1 N–H and O–H groups in total. The second kappa shape index (κ2) is 9.65. The van der Waals surface area contributed by atoms with Crippen molar-refractivity contribution in [2.24, 2.45) is 0 Å². The zero-order valence-electron chi connectivity index (χ0n) is 18.1. The molecule has 1 unspecified atom stereocenters. The van der Waals surface area contributed by atoms with Crippen LogP contribution in [-0.4, -0.2) is 28.3 Å². The molecule has 4 rings (SSSR count). The normalized spacial score (nSPS) is 17.3. The van der Waals surface area contributed by atoms with Gasteiger partial charge in [-0.05, 0) is 48.9 Å². The van der Waals surface area contributed by atoms with Gasteiger partial charge in [-0.3, -0.25) is 9.59 Å². The lowest BCUT2D eigenvalue weighted by molar-refractivity contribution is -0.140. The molecule has 0 bridgehead atoms. The number of ether oxygens (including phenoxy) is 1. The van der Waals surface area contributed by atoms with Gasteiger partial charge in [-0.1, -0.05) is 41.9 Å². The predicted molar refractivity (Wildman–Crippen MR) is 123 cm³/mol. The van der Waals surface area contributed by atoms with Gasteiger partial charge in [0, 0.05) is 17.7 Å². The van der Waals surface area contributed by atoms with Gasteiger partial charge in [-0.2, -0.15) is 0 Å². The Hall–Kier alpha value is -3.71. The van der Waals surface area contributed by atoms with E-state index in [1.165, 1.54) is 54.6 Å². The molecule has 174 valence electrons. The number of ketones is 1. The van der Waals surface area contributed by atoms with Crippen LogP contribution in [0.3, 0.4) is 0 Å². The Morgan fingerprint density at radius 2 is 1.76 bits per heavy atom. The lowest BCUT2D eigenvalue weighted by Gasteiger charge is -2.26. The van der Waals surface area contributed by atoms with Crippen LogP contribution < -0.4 is 4.74 Å². The molecular weight excluding hydrogens is 464 g/mol. The summed E-state index contributed by atoms with van der Waals surface area (Å²) in [6, 6.07) is 14.4. The molecule has 3 aromatic rings. The molecule has 0 aliphatic carbocycles. The van der Waals surface area contributed by atoms with Gasteiger partial charge < -0.3 is 14.7 Å². The molecule has 0 radical (unpaired) electrons. The van der Waals surface area contributed by atoms with E-state index >= 15 is 0 Å². The summed E-state index contributed by atoms with van der Waals surface area (Å²) < 4.78 is 33.7. The van der Waals surface area contributed by atoms with E-state index in [1.54, 1.807) is 19.1 Å². The molecule has 0 aromatic heterocycles. The molecule has 1 saturated heterocycles. The predicted octanol–water partition coefficient (Wildman–Crippen LogP) is 5.64. The van der Waals surface area contributed by atoms with Crippen LogP contribution in [0.1, 0.15) is 29.7 Å². The number of aliphatic hydroxyl groups excluding tert-OH is 1. The molecule has 3 aromatic carbocycles. The van der Waals surface area contributed by atoms with Crippen LogP contribution in [0.25, 0.3) is 5.76 Å². The molecule has 1 amide bonds. The van der Waals surface area contributed by atoms with Crippen LogP contribution in [0, 0.1) is 11.6 Å². The minimum atomic E-state index is -1.22. The second-order valence-corrected chi connectivity index (χ2v) is 8.06. The molecule has 1 aliphatic rings. The highest BCUT2D eigenvalue weighted by molar-refractivity contribution is 6.47. The number of amides is 1. The summed E-state index contributed by atoms with van der Waals surface area (Å²) in [7, 11) is 0. The third-order valence-electron chi connectivity index (χ3n) is 5.51. The number of hydrogen-bond acceptors (Lipinski definition) is 4. The minimum Gasteiger partial charge on any atom is -0.507 e. The van der Waals surface area contributed by atoms with Gasteiger partial charge in [0.05, 0.1) is 23.2 Å². The van der Waals surface area contributed by atoms with Crippen molar-refractivity contribution in [1.29, 1.82) is 0 Å². The summed E-state index contributed by atoms with van der Waals surface area (Å²) in [5.74, 6) is -3.16. The smallest absolute Gasteiger partial charge is 0.295 e. The first-order chi connectivity index (χ1) is 16.3. The van der Waals surface area contributed by atoms with E-state index in [-0.39, 0.29) is 28.3 Å². The molecule has 1 aliphatic heterocycles. The highest BCUT2D eigenvalue weighted by atomic mass is 35.5. The molecule has 1 heterocycles. The number of likely N-dealkylation sites (tertiary alicyclic amines) is 1. The SMILES string of the molecule is CCOc1ccc(Cl)c(/C(O)=C2\C(=O)C(=O)N(Cc3ccc(F)cc3)C2c2ccccc2F)c1. The third kappa shape index (κ3) is 4.39. The van der Waals surface area contributed by atoms with Crippen molar-refractivity contribution in [2.75, 3.05) is 6.61 Å². The van der Waals surface area contributed by atoms with Gasteiger partial charge in [0.1, 0.15) is 23.1 Å². The average Bonchev–Trinajstić information content (AvgIpc) is 3.06. The molecular formula is C26H20ClF2NO4. The van der Waals surface area contributed by atoms with Crippen molar-refractivity contribution in [3.8, 4) is 5.75 Å².